The van der Waals surface area contributed by atoms with Gasteiger partial charge in [-0.25, -0.2) is 0 Å². The van der Waals surface area contributed by atoms with E-state index >= 15 is 0 Å². The molecule has 0 spiro atoms. The molecule has 0 heterocycles. The van der Waals surface area contributed by atoms with Gasteiger partial charge in [-0.05, 0) is 48.2 Å². The van der Waals surface area contributed by atoms with Crippen molar-refractivity contribution in [1.82, 2.24) is 10.2 Å². The van der Waals surface area contributed by atoms with E-state index < -0.39 is 0 Å². The van der Waals surface area contributed by atoms with Gasteiger partial charge in [-0.15, -0.1) is 0 Å². The van der Waals surface area contributed by atoms with Crippen LogP contribution in [0.2, 0.25) is 0 Å². The maximum Gasteiger partial charge on any atom is 0.116 e. The Labute approximate surface area is 120 Å². The highest BCUT2D eigenvalue weighted by molar-refractivity contribution is 5.44. The first-order valence-electron chi connectivity index (χ1n) is 7.29. The number of nitrogens with one attached hydrogen (secondary N) is 1. The molecular weight excluding hydrogens is 240 g/mol. The zero-order chi connectivity index (χ0) is 15.7. The summed E-state index contributed by atoms with van der Waals surface area (Å²) in [7, 11) is 4.16. The van der Waals surface area contributed by atoms with Crippen LogP contribution in [-0.2, 0) is 9.53 Å². The lowest BCUT2D eigenvalue weighted by atomic mass is 9.99. The topological polar surface area (TPSA) is 41.6 Å². The van der Waals surface area contributed by atoms with Gasteiger partial charge in [-0.1, -0.05) is 13.8 Å². The molecule has 0 radical (unpaired) electrons. The third-order valence-electron chi connectivity index (χ3n) is 2.79. The maximum absolute atomic E-state index is 8.81. The molecule has 0 aromatic rings. The van der Waals surface area contributed by atoms with Gasteiger partial charge in [0.15, 0.2) is 0 Å². The number of carbonyl (C=O) groups is 1. The van der Waals surface area contributed by atoms with Crippen molar-refractivity contribution in [2.24, 2.45) is 0 Å². The number of aldehydes is 1. The number of rotatable bonds is 8. The molecule has 0 saturated carbocycles. The summed E-state index contributed by atoms with van der Waals surface area (Å²) in [6, 6.07) is 0. The Bertz CT molecular complexity index is 174. The van der Waals surface area contributed by atoms with E-state index in [1.54, 1.807) is 0 Å². The van der Waals surface area contributed by atoms with Crippen LogP contribution in [0.3, 0.4) is 0 Å². The Morgan fingerprint density at radius 1 is 1.32 bits per heavy atom. The summed E-state index contributed by atoms with van der Waals surface area (Å²) in [5, 5.41) is 3.17. The van der Waals surface area contributed by atoms with Crippen LogP contribution in [0.4, 0.5) is 0 Å². The van der Waals surface area contributed by atoms with Crippen LogP contribution >= 0.6 is 0 Å². The van der Waals surface area contributed by atoms with E-state index in [1.807, 2.05) is 27.8 Å². The molecule has 0 aliphatic heterocycles. The van der Waals surface area contributed by atoms with Gasteiger partial charge >= 0.3 is 0 Å². The first-order chi connectivity index (χ1) is 8.96. The molecule has 0 fully saturated rings. The normalized spacial score (nSPS) is 10.2. The van der Waals surface area contributed by atoms with Crippen molar-refractivity contribution in [2.75, 3.05) is 40.4 Å². The lowest BCUT2D eigenvalue weighted by molar-refractivity contribution is -0.106. The second kappa shape index (κ2) is 17.6. The molecule has 118 valence electrons. The zero-order valence-corrected chi connectivity index (χ0v) is 14.4. The molecule has 4 heteroatoms. The van der Waals surface area contributed by atoms with E-state index in [-0.39, 0.29) is 5.54 Å². The van der Waals surface area contributed by atoms with E-state index in [0.717, 1.165) is 39.0 Å². The largest absolute Gasteiger partial charge is 0.382 e. The Morgan fingerprint density at radius 3 is 2.16 bits per heavy atom. The predicted octanol–water partition coefficient (Wildman–Crippen LogP) is 2.57. The van der Waals surface area contributed by atoms with E-state index in [9.17, 15) is 0 Å². The number of hydrogen-bond donors (Lipinski definition) is 1. The first kappa shape index (κ1) is 23.6. The van der Waals surface area contributed by atoms with Gasteiger partial charge in [-0.2, -0.15) is 0 Å². The number of carbonyl (C=O) groups excluding carboxylic acids is 1. The fraction of sp³-hybridized carbons (Fsp3) is 0.933. The quantitative estimate of drug-likeness (QED) is 0.546. The smallest absolute Gasteiger partial charge is 0.116 e. The minimum atomic E-state index is 0.228. The van der Waals surface area contributed by atoms with Crippen LogP contribution < -0.4 is 5.32 Å². The average molecular weight is 276 g/mol. The van der Waals surface area contributed by atoms with Gasteiger partial charge in [-0.3, -0.25) is 4.90 Å². The number of nitrogens with zero attached hydrogens (tertiary/aromatic N) is 1. The molecule has 19 heavy (non-hydrogen) atoms. The summed E-state index contributed by atoms with van der Waals surface area (Å²) in [5.74, 6) is 0. The van der Waals surface area contributed by atoms with Gasteiger partial charge in [0, 0.05) is 31.8 Å². The van der Waals surface area contributed by atoms with Crippen LogP contribution in [0.15, 0.2) is 0 Å². The first-order valence-corrected chi connectivity index (χ1v) is 7.29. The highest BCUT2D eigenvalue weighted by Gasteiger charge is 2.22. The van der Waals surface area contributed by atoms with E-state index in [4.69, 9.17) is 9.53 Å². The minimum absolute atomic E-state index is 0.228. The van der Waals surface area contributed by atoms with E-state index in [0.29, 0.717) is 0 Å². The summed E-state index contributed by atoms with van der Waals surface area (Å²) in [6.45, 7) is 15.8. The van der Waals surface area contributed by atoms with Crippen molar-refractivity contribution >= 4 is 6.29 Å². The van der Waals surface area contributed by atoms with Crippen molar-refractivity contribution in [2.45, 2.75) is 53.5 Å². The van der Waals surface area contributed by atoms with Crippen molar-refractivity contribution in [3.8, 4) is 0 Å². The summed E-state index contributed by atoms with van der Waals surface area (Å²) >= 11 is 0. The number of likely N-dealkylation sites (N-methyl/N-ethyl adjacent to an activating group) is 2. The predicted molar refractivity (Wildman–Crippen MR) is 84.8 cm³/mol. The number of hydrogen-bond acceptors (Lipinski definition) is 4. The second-order valence-corrected chi connectivity index (χ2v) is 4.52. The van der Waals surface area contributed by atoms with E-state index in [2.05, 4.69) is 31.1 Å². The van der Waals surface area contributed by atoms with E-state index in [1.165, 1.54) is 6.92 Å². The lowest BCUT2D eigenvalue weighted by Crippen LogP contribution is -2.44. The van der Waals surface area contributed by atoms with Crippen molar-refractivity contribution in [3.05, 3.63) is 0 Å². The Kier molecular flexibility index (Phi) is 21.8. The van der Waals surface area contributed by atoms with Crippen molar-refractivity contribution in [3.63, 3.8) is 0 Å². The Morgan fingerprint density at radius 2 is 1.79 bits per heavy atom. The summed E-state index contributed by atoms with van der Waals surface area (Å²) < 4.78 is 5.38. The van der Waals surface area contributed by atoms with Crippen molar-refractivity contribution in [1.29, 1.82) is 0 Å². The highest BCUT2D eigenvalue weighted by Crippen LogP contribution is 2.16. The number of ether oxygens (including phenoxy) is 1. The van der Waals surface area contributed by atoms with Crippen LogP contribution in [0, 0.1) is 0 Å². The molecule has 1 N–H and O–H groups in total. The van der Waals surface area contributed by atoms with Crippen LogP contribution in [-0.4, -0.2) is 57.1 Å². The Hall–Kier alpha value is -0.450. The molecular formula is C15H36N2O2. The van der Waals surface area contributed by atoms with Gasteiger partial charge in [0.2, 0.25) is 0 Å². The molecule has 0 atom stereocenters. The summed E-state index contributed by atoms with van der Waals surface area (Å²) in [5.41, 5.74) is 0.228. The maximum atomic E-state index is 8.81. The highest BCUT2D eigenvalue weighted by atomic mass is 16.5. The SMILES string of the molecule is CC.CC=O.CCOCCC(C)(C)N(C)CCNC. The van der Waals surface area contributed by atoms with Crippen molar-refractivity contribution < 1.29 is 9.53 Å². The average Bonchev–Trinajstić information content (AvgIpc) is 2.39. The lowest BCUT2D eigenvalue weighted by Gasteiger charge is -2.35. The fourth-order valence-electron chi connectivity index (χ4n) is 1.24. The molecule has 0 saturated heterocycles. The molecule has 0 rings (SSSR count). The fourth-order valence-corrected chi connectivity index (χ4v) is 1.24. The van der Waals surface area contributed by atoms with Gasteiger partial charge in [0.1, 0.15) is 6.29 Å². The summed E-state index contributed by atoms with van der Waals surface area (Å²) in [6.07, 6.45) is 1.83. The molecule has 0 amide bonds. The monoisotopic (exact) mass is 276 g/mol. The van der Waals surface area contributed by atoms with Crippen LogP contribution in [0.25, 0.3) is 0 Å². The van der Waals surface area contributed by atoms with Crippen LogP contribution in [0.5, 0.6) is 0 Å². The standard InChI is InChI=1S/C11H26N2O.C2H4O.C2H6/c1-6-14-10-7-11(2,3)13(5)9-8-12-4;1-2-3;1-2/h12H,6-10H2,1-5H3;2H,1H3;1-2H3. The molecule has 0 unspecified atom stereocenters. The second-order valence-electron chi connectivity index (χ2n) is 4.52. The van der Waals surface area contributed by atoms with Gasteiger partial charge in [0.05, 0.1) is 0 Å². The van der Waals surface area contributed by atoms with Gasteiger partial charge < -0.3 is 14.8 Å². The molecule has 4 nitrogen and oxygen atoms in total. The molecule has 0 aliphatic carbocycles. The molecule has 0 aromatic heterocycles. The third-order valence-corrected chi connectivity index (χ3v) is 2.79. The zero-order valence-electron chi connectivity index (χ0n) is 14.4. The third kappa shape index (κ3) is 17.6. The Balaban J connectivity index is -0.000000445. The van der Waals surface area contributed by atoms with Crippen LogP contribution in [0.1, 0.15) is 48.0 Å². The molecule has 0 bridgehead atoms. The molecule has 0 aromatic carbocycles. The van der Waals surface area contributed by atoms with Gasteiger partial charge in [0.25, 0.3) is 0 Å². The minimum Gasteiger partial charge on any atom is -0.382 e. The molecule has 0 aliphatic rings. The summed E-state index contributed by atoms with van der Waals surface area (Å²) in [4.78, 5) is 11.2.